The van der Waals surface area contributed by atoms with Gasteiger partial charge in [-0.15, -0.1) is 0 Å². The molecule has 0 aliphatic heterocycles. The fourth-order valence-corrected chi connectivity index (χ4v) is 1.14. The summed E-state index contributed by atoms with van der Waals surface area (Å²) in [6, 6.07) is 3.60. The maximum Gasteiger partial charge on any atom is 0.352 e. The number of carboxylic acids is 1. The van der Waals surface area contributed by atoms with Crippen molar-refractivity contribution < 1.29 is 29.3 Å². The third kappa shape index (κ3) is 3.04. The van der Waals surface area contributed by atoms with E-state index in [0.29, 0.717) is 6.29 Å². The summed E-state index contributed by atoms with van der Waals surface area (Å²) in [4.78, 5) is 32.2. The van der Waals surface area contributed by atoms with Gasteiger partial charge in [0.05, 0.1) is 5.56 Å². The summed E-state index contributed by atoms with van der Waals surface area (Å²) in [6.45, 7) is 1.08. The first-order valence-electron chi connectivity index (χ1n) is 4.64. The average molecular weight is 238 g/mol. The second-order valence-corrected chi connectivity index (χ2v) is 3.29. The van der Waals surface area contributed by atoms with Crippen molar-refractivity contribution in [2.45, 2.75) is 13.0 Å². The molecule has 1 unspecified atom stereocenters. The summed E-state index contributed by atoms with van der Waals surface area (Å²) >= 11 is 0. The van der Waals surface area contributed by atoms with Crippen molar-refractivity contribution >= 4 is 18.0 Å². The van der Waals surface area contributed by atoms with Gasteiger partial charge >= 0.3 is 5.97 Å². The van der Waals surface area contributed by atoms with Gasteiger partial charge in [-0.3, -0.25) is 9.59 Å². The number of aromatic hydroxyl groups is 1. The number of carbonyl (C=O) groups is 3. The molecule has 0 amide bonds. The predicted octanol–water partition coefficient (Wildman–Crippen LogP) is 0.626. The number of Topliss-reactive ketones (excluding diaryl/α,β-unsaturated/α-hetero) is 1. The van der Waals surface area contributed by atoms with E-state index in [-0.39, 0.29) is 17.1 Å². The Hall–Kier alpha value is -2.37. The molecule has 0 aromatic heterocycles. The molecule has 0 bridgehead atoms. The van der Waals surface area contributed by atoms with Crippen LogP contribution >= 0.6 is 0 Å². The zero-order valence-corrected chi connectivity index (χ0v) is 8.91. The number of hydrogen-bond donors (Lipinski definition) is 2. The van der Waals surface area contributed by atoms with Gasteiger partial charge in [0, 0.05) is 0 Å². The van der Waals surface area contributed by atoms with E-state index in [1.165, 1.54) is 12.1 Å². The Bertz CT molecular complexity index is 451. The van der Waals surface area contributed by atoms with Gasteiger partial charge in [-0.05, 0) is 25.1 Å². The van der Waals surface area contributed by atoms with Gasteiger partial charge in [-0.2, -0.15) is 0 Å². The van der Waals surface area contributed by atoms with E-state index in [1.807, 2.05) is 0 Å². The molecule has 0 fully saturated rings. The Kier molecular flexibility index (Phi) is 3.82. The minimum atomic E-state index is -1.63. The van der Waals surface area contributed by atoms with Crippen LogP contribution in [0, 0.1) is 0 Å². The van der Waals surface area contributed by atoms with Crippen LogP contribution in [-0.4, -0.2) is 34.4 Å². The van der Waals surface area contributed by atoms with Crippen LogP contribution in [0.1, 0.15) is 17.3 Å². The molecule has 0 aliphatic carbocycles. The largest absolute Gasteiger partial charge is 0.507 e. The highest BCUT2D eigenvalue weighted by Crippen LogP contribution is 2.22. The Morgan fingerprint density at radius 2 is 2.06 bits per heavy atom. The number of hydrogen-bond acceptors (Lipinski definition) is 5. The Labute approximate surface area is 96.4 Å². The van der Waals surface area contributed by atoms with Crippen LogP contribution in [0.4, 0.5) is 0 Å². The lowest BCUT2D eigenvalue weighted by atomic mass is 10.2. The van der Waals surface area contributed by atoms with Crippen LogP contribution in [0.5, 0.6) is 11.5 Å². The SMILES string of the molecule is CC(=O)C(Oc1ccc(O)c(C=O)c1)C(=O)O. The monoisotopic (exact) mass is 238 g/mol. The topological polar surface area (TPSA) is 101 Å². The van der Waals surface area contributed by atoms with Crippen molar-refractivity contribution in [1.82, 2.24) is 0 Å². The molecule has 2 N–H and O–H groups in total. The van der Waals surface area contributed by atoms with Gasteiger partial charge < -0.3 is 14.9 Å². The Morgan fingerprint density at radius 3 is 2.53 bits per heavy atom. The van der Waals surface area contributed by atoms with Crippen LogP contribution in [-0.2, 0) is 9.59 Å². The zero-order valence-electron chi connectivity index (χ0n) is 8.91. The number of benzene rings is 1. The molecule has 1 rings (SSSR count). The molecular weight excluding hydrogens is 228 g/mol. The average Bonchev–Trinajstić information content (AvgIpc) is 2.26. The van der Waals surface area contributed by atoms with Crippen LogP contribution in [0.3, 0.4) is 0 Å². The lowest BCUT2D eigenvalue weighted by Gasteiger charge is -2.12. The number of rotatable bonds is 5. The number of phenols is 1. The number of aliphatic carboxylic acids is 1. The van der Waals surface area contributed by atoms with Crippen molar-refractivity contribution in [2.75, 3.05) is 0 Å². The third-order valence-electron chi connectivity index (χ3n) is 1.97. The van der Waals surface area contributed by atoms with Gasteiger partial charge in [0.25, 0.3) is 6.10 Å². The molecule has 6 heteroatoms. The van der Waals surface area contributed by atoms with Crippen molar-refractivity contribution in [1.29, 1.82) is 0 Å². The molecule has 1 aromatic rings. The third-order valence-corrected chi connectivity index (χ3v) is 1.97. The number of carboxylic acid groups (broad SMARTS) is 1. The van der Waals surface area contributed by atoms with Gasteiger partial charge in [-0.25, -0.2) is 4.79 Å². The van der Waals surface area contributed by atoms with E-state index in [9.17, 15) is 19.5 Å². The molecule has 0 aliphatic rings. The second-order valence-electron chi connectivity index (χ2n) is 3.29. The van der Waals surface area contributed by atoms with E-state index >= 15 is 0 Å². The molecule has 17 heavy (non-hydrogen) atoms. The molecule has 6 nitrogen and oxygen atoms in total. The number of phenolic OH excluding ortho intramolecular Hbond substituents is 1. The normalized spacial score (nSPS) is 11.6. The fourth-order valence-electron chi connectivity index (χ4n) is 1.14. The quantitative estimate of drug-likeness (QED) is 0.576. The molecular formula is C11H10O6. The number of ketones is 1. The lowest BCUT2D eigenvalue weighted by molar-refractivity contribution is -0.149. The molecule has 0 spiro atoms. The summed E-state index contributed by atoms with van der Waals surface area (Å²) in [7, 11) is 0. The lowest BCUT2D eigenvalue weighted by Crippen LogP contribution is -2.33. The van der Waals surface area contributed by atoms with E-state index in [2.05, 4.69) is 0 Å². The molecule has 0 saturated heterocycles. The van der Waals surface area contributed by atoms with Crippen LogP contribution in [0.25, 0.3) is 0 Å². The Balaban J connectivity index is 2.98. The van der Waals surface area contributed by atoms with Crippen molar-refractivity contribution in [3.05, 3.63) is 23.8 Å². The smallest absolute Gasteiger partial charge is 0.352 e. The molecule has 1 atom stereocenters. The summed E-state index contributed by atoms with van der Waals surface area (Å²) in [5.41, 5.74) is -0.0461. The van der Waals surface area contributed by atoms with Crippen LogP contribution in [0.15, 0.2) is 18.2 Å². The molecule has 0 radical (unpaired) electrons. The predicted molar refractivity (Wildman–Crippen MR) is 56.2 cm³/mol. The molecule has 0 heterocycles. The first-order chi connectivity index (χ1) is 7.95. The summed E-state index contributed by atoms with van der Waals surface area (Å²) < 4.78 is 4.92. The molecule has 0 saturated carbocycles. The fraction of sp³-hybridized carbons (Fsp3) is 0.182. The zero-order chi connectivity index (χ0) is 13.0. The van der Waals surface area contributed by atoms with E-state index in [0.717, 1.165) is 13.0 Å². The summed E-state index contributed by atoms with van der Waals surface area (Å²) in [5, 5.41) is 17.9. The first-order valence-corrected chi connectivity index (χ1v) is 4.64. The minimum absolute atomic E-state index is 0.0208. The van der Waals surface area contributed by atoms with Crippen LogP contribution in [0.2, 0.25) is 0 Å². The number of aldehydes is 1. The Morgan fingerprint density at radius 1 is 1.41 bits per heavy atom. The maximum absolute atomic E-state index is 11.0. The highest BCUT2D eigenvalue weighted by Gasteiger charge is 2.24. The van der Waals surface area contributed by atoms with Crippen molar-refractivity contribution in [3.8, 4) is 11.5 Å². The van der Waals surface area contributed by atoms with Gasteiger partial charge in [0.15, 0.2) is 12.1 Å². The van der Waals surface area contributed by atoms with E-state index < -0.39 is 17.9 Å². The minimum Gasteiger partial charge on any atom is -0.507 e. The number of carbonyl (C=O) groups excluding carboxylic acids is 2. The molecule has 1 aromatic carbocycles. The van der Waals surface area contributed by atoms with Crippen molar-refractivity contribution in [3.63, 3.8) is 0 Å². The van der Waals surface area contributed by atoms with Crippen LogP contribution < -0.4 is 4.74 Å². The standard InChI is InChI=1S/C11H10O6/c1-6(13)10(11(15)16)17-8-2-3-9(14)7(4-8)5-12/h2-5,10,14H,1H3,(H,15,16). The van der Waals surface area contributed by atoms with Gasteiger partial charge in [-0.1, -0.05) is 0 Å². The molecule has 90 valence electrons. The van der Waals surface area contributed by atoms with E-state index in [4.69, 9.17) is 9.84 Å². The van der Waals surface area contributed by atoms with E-state index in [1.54, 1.807) is 0 Å². The van der Waals surface area contributed by atoms with Crippen molar-refractivity contribution in [2.24, 2.45) is 0 Å². The number of ether oxygens (including phenoxy) is 1. The first kappa shape index (κ1) is 12.7. The second kappa shape index (κ2) is 5.11. The summed E-state index contributed by atoms with van der Waals surface area (Å²) in [5.74, 6) is -2.31. The maximum atomic E-state index is 11.0. The highest BCUT2D eigenvalue weighted by atomic mass is 16.5. The summed E-state index contributed by atoms with van der Waals surface area (Å²) in [6.07, 6.45) is -1.23. The van der Waals surface area contributed by atoms with Gasteiger partial charge in [0.2, 0.25) is 0 Å². The van der Waals surface area contributed by atoms with Gasteiger partial charge in [0.1, 0.15) is 11.5 Å². The highest BCUT2D eigenvalue weighted by molar-refractivity contribution is 6.00.